The highest BCUT2D eigenvalue weighted by Crippen LogP contribution is 2.44. The number of halogens is 1. The van der Waals surface area contributed by atoms with Crippen LogP contribution in [0.15, 0.2) is 11.8 Å². The summed E-state index contributed by atoms with van der Waals surface area (Å²) in [6.45, 7) is 9.58. The summed E-state index contributed by atoms with van der Waals surface area (Å²) in [4.78, 5) is 22.8. The lowest BCUT2D eigenvalue weighted by molar-refractivity contribution is -0.130. The second-order valence-electron chi connectivity index (χ2n) is 9.13. The molecule has 2 aliphatic heterocycles. The molecule has 7 nitrogen and oxygen atoms in total. The zero-order valence-corrected chi connectivity index (χ0v) is 18.3. The number of hydrogen-bond donors (Lipinski definition) is 1. The Bertz CT molecular complexity index is 759. The molecule has 1 spiro atoms. The van der Waals surface area contributed by atoms with Crippen molar-refractivity contribution in [1.29, 1.82) is 0 Å². The van der Waals surface area contributed by atoms with Crippen molar-refractivity contribution in [2.24, 2.45) is 11.3 Å². The van der Waals surface area contributed by atoms with Crippen molar-refractivity contribution in [3.05, 3.63) is 16.9 Å². The molecule has 0 aromatic carbocycles. The van der Waals surface area contributed by atoms with Crippen LogP contribution in [-0.2, 0) is 9.63 Å². The van der Waals surface area contributed by atoms with Crippen LogP contribution in [0, 0.1) is 11.3 Å². The van der Waals surface area contributed by atoms with E-state index in [1.54, 1.807) is 0 Å². The molecule has 1 aliphatic carbocycles. The van der Waals surface area contributed by atoms with Crippen molar-refractivity contribution in [3.8, 4) is 0 Å². The Morgan fingerprint density at radius 2 is 1.93 bits per heavy atom. The highest BCUT2D eigenvalue weighted by Gasteiger charge is 2.43. The maximum atomic E-state index is 13.0. The normalized spacial score (nSPS) is 28.4. The van der Waals surface area contributed by atoms with Gasteiger partial charge in [0.1, 0.15) is 11.3 Å². The minimum atomic E-state index is -0.325. The number of carbonyl (C=O) groups excluding carboxylic acids is 1. The van der Waals surface area contributed by atoms with Gasteiger partial charge in [0, 0.05) is 26.2 Å². The van der Waals surface area contributed by atoms with Crippen LogP contribution in [0.5, 0.6) is 0 Å². The SMILES string of the molecule is CC(C)(C)C1CCC2(C=C(C(=O)N3CCN(c4nsnc4Cl)CC3)NO2)CC1. The molecule has 0 atom stereocenters. The van der Waals surface area contributed by atoms with E-state index in [2.05, 4.69) is 39.9 Å². The van der Waals surface area contributed by atoms with Gasteiger partial charge >= 0.3 is 0 Å². The first-order valence-electron chi connectivity index (χ1n) is 9.97. The molecule has 1 amide bonds. The fourth-order valence-electron chi connectivity index (χ4n) is 4.46. The minimum absolute atomic E-state index is 0.0111. The lowest BCUT2D eigenvalue weighted by Gasteiger charge is -2.40. The van der Waals surface area contributed by atoms with Crippen LogP contribution in [0.25, 0.3) is 0 Å². The first kappa shape index (κ1) is 19.9. The lowest BCUT2D eigenvalue weighted by atomic mass is 9.68. The Hall–Kier alpha value is -1.38. The summed E-state index contributed by atoms with van der Waals surface area (Å²) in [5, 5.41) is 0.436. The van der Waals surface area contributed by atoms with Gasteiger partial charge < -0.3 is 9.80 Å². The third-order valence-electron chi connectivity index (χ3n) is 6.36. The monoisotopic (exact) mass is 425 g/mol. The van der Waals surface area contributed by atoms with Gasteiger partial charge in [-0.05, 0) is 43.1 Å². The lowest BCUT2D eigenvalue weighted by Crippen LogP contribution is -2.50. The molecule has 2 fully saturated rings. The van der Waals surface area contributed by atoms with E-state index in [-0.39, 0.29) is 11.5 Å². The molecular formula is C19H28ClN5O2S. The number of anilines is 1. The summed E-state index contributed by atoms with van der Waals surface area (Å²) < 4.78 is 8.26. The van der Waals surface area contributed by atoms with Crippen LogP contribution < -0.4 is 10.4 Å². The molecule has 9 heteroatoms. The average Bonchev–Trinajstić information content (AvgIpc) is 3.28. The number of amides is 1. The van der Waals surface area contributed by atoms with Crippen LogP contribution >= 0.6 is 23.3 Å². The van der Waals surface area contributed by atoms with E-state index in [9.17, 15) is 4.79 Å². The fraction of sp³-hybridized carbons (Fsp3) is 0.737. The topological polar surface area (TPSA) is 70.6 Å². The molecule has 28 heavy (non-hydrogen) atoms. The van der Waals surface area contributed by atoms with Gasteiger partial charge in [0.2, 0.25) is 0 Å². The molecule has 1 saturated carbocycles. The van der Waals surface area contributed by atoms with Crippen LogP contribution in [0.3, 0.4) is 0 Å². The van der Waals surface area contributed by atoms with Gasteiger partial charge in [-0.2, -0.15) is 8.75 Å². The number of piperazine rings is 1. The summed E-state index contributed by atoms with van der Waals surface area (Å²) >= 11 is 7.19. The van der Waals surface area contributed by atoms with Gasteiger partial charge in [0.25, 0.3) is 5.91 Å². The van der Waals surface area contributed by atoms with E-state index in [0.29, 0.717) is 48.4 Å². The van der Waals surface area contributed by atoms with E-state index in [1.807, 2.05) is 11.0 Å². The smallest absolute Gasteiger partial charge is 0.272 e. The van der Waals surface area contributed by atoms with Gasteiger partial charge in [-0.3, -0.25) is 15.1 Å². The van der Waals surface area contributed by atoms with Crippen molar-refractivity contribution in [3.63, 3.8) is 0 Å². The molecule has 1 aromatic heterocycles. The molecular weight excluding hydrogens is 398 g/mol. The van der Waals surface area contributed by atoms with Gasteiger partial charge in [0.05, 0.1) is 11.7 Å². The molecule has 0 bridgehead atoms. The maximum absolute atomic E-state index is 13.0. The predicted octanol–water partition coefficient (Wildman–Crippen LogP) is 3.23. The number of aromatic nitrogens is 2. The van der Waals surface area contributed by atoms with Gasteiger partial charge in [-0.25, -0.2) is 0 Å². The third kappa shape index (κ3) is 3.86. The third-order valence-corrected chi connectivity index (χ3v) is 7.23. The van der Waals surface area contributed by atoms with Gasteiger partial charge in [-0.15, -0.1) is 0 Å². The molecule has 1 aromatic rings. The largest absolute Gasteiger partial charge is 0.350 e. The minimum Gasteiger partial charge on any atom is -0.350 e. The van der Waals surface area contributed by atoms with Crippen LogP contribution in [0.1, 0.15) is 46.5 Å². The molecule has 1 N–H and O–H groups in total. The summed E-state index contributed by atoms with van der Waals surface area (Å²) in [6, 6.07) is 0. The highest BCUT2D eigenvalue weighted by molar-refractivity contribution is 6.99. The van der Waals surface area contributed by atoms with Gasteiger partial charge in [0.15, 0.2) is 11.0 Å². The fourth-order valence-corrected chi connectivity index (χ4v) is 5.23. The summed E-state index contributed by atoms with van der Waals surface area (Å²) in [5.41, 5.74) is 3.51. The molecule has 1 saturated heterocycles. The number of hydrogen-bond acceptors (Lipinski definition) is 7. The Morgan fingerprint density at radius 3 is 2.50 bits per heavy atom. The quantitative estimate of drug-likeness (QED) is 0.784. The van der Waals surface area contributed by atoms with E-state index in [1.165, 1.54) is 0 Å². The molecule has 3 aliphatic rings. The number of hydroxylamine groups is 1. The summed E-state index contributed by atoms with van der Waals surface area (Å²) in [7, 11) is 0. The first-order chi connectivity index (χ1) is 13.3. The number of nitrogens with zero attached hydrogens (tertiary/aromatic N) is 4. The molecule has 154 valence electrons. The highest BCUT2D eigenvalue weighted by atomic mass is 35.5. The maximum Gasteiger partial charge on any atom is 0.272 e. The number of carbonyl (C=O) groups is 1. The van der Waals surface area contributed by atoms with E-state index in [0.717, 1.165) is 43.2 Å². The molecule has 0 radical (unpaired) electrons. The Labute approximate surface area is 175 Å². The Balaban J connectivity index is 1.35. The van der Waals surface area contributed by atoms with Crippen LogP contribution in [-0.4, -0.2) is 51.3 Å². The van der Waals surface area contributed by atoms with E-state index in [4.69, 9.17) is 16.4 Å². The predicted molar refractivity (Wildman–Crippen MR) is 110 cm³/mol. The summed E-state index contributed by atoms with van der Waals surface area (Å²) in [6.07, 6.45) is 6.21. The van der Waals surface area contributed by atoms with E-state index < -0.39 is 0 Å². The molecule has 0 unspecified atom stereocenters. The Kier molecular flexibility index (Phi) is 5.31. The van der Waals surface area contributed by atoms with Crippen molar-refractivity contribution in [2.75, 3.05) is 31.1 Å². The number of rotatable bonds is 2. The van der Waals surface area contributed by atoms with Gasteiger partial charge in [-0.1, -0.05) is 32.4 Å². The average molecular weight is 426 g/mol. The zero-order valence-electron chi connectivity index (χ0n) is 16.7. The standard InChI is InChI=1S/C19H28ClN5O2S/c1-18(2,3)13-4-6-19(7-5-13)12-14(21-27-19)17(26)25-10-8-24(9-11-25)16-15(20)22-28-23-16/h12-13,21H,4-11H2,1-3H3. The van der Waals surface area contributed by atoms with Crippen LogP contribution in [0.2, 0.25) is 5.15 Å². The van der Waals surface area contributed by atoms with Crippen LogP contribution in [0.4, 0.5) is 5.82 Å². The van der Waals surface area contributed by atoms with Crippen molar-refractivity contribution >= 4 is 35.1 Å². The zero-order chi connectivity index (χ0) is 19.9. The first-order valence-corrected chi connectivity index (χ1v) is 11.1. The molecule has 4 rings (SSSR count). The number of nitrogens with one attached hydrogen (secondary N) is 1. The van der Waals surface area contributed by atoms with Crippen molar-refractivity contribution < 1.29 is 9.63 Å². The second-order valence-corrected chi connectivity index (χ2v) is 10.0. The Morgan fingerprint density at radius 1 is 1.25 bits per heavy atom. The summed E-state index contributed by atoms with van der Waals surface area (Å²) in [5.74, 6) is 1.43. The van der Waals surface area contributed by atoms with E-state index >= 15 is 0 Å². The molecule has 3 heterocycles. The van der Waals surface area contributed by atoms with Crippen molar-refractivity contribution in [1.82, 2.24) is 19.1 Å². The second kappa shape index (κ2) is 7.46. The van der Waals surface area contributed by atoms with Crippen molar-refractivity contribution in [2.45, 2.75) is 52.1 Å².